The number of nitrogens with zero attached hydrogens (tertiary/aromatic N) is 2. The summed E-state index contributed by atoms with van der Waals surface area (Å²) in [6.45, 7) is 2.08. The Morgan fingerprint density at radius 1 is 1.62 bits per heavy atom. The molecule has 0 saturated heterocycles. The van der Waals surface area contributed by atoms with Crippen LogP contribution in [-0.2, 0) is 4.79 Å². The van der Waals surface area contributed by atoms with Gasteiger partial charge in [-0.25, -0.2) is 4.98 Å². The molecule has 6 heteroatoms. The quantitative estimate of drug-likeness (QED) is 0.777. The van der Waals surface area contributed by atoms with Crippen LogP contribution in [0, 0.1) is 0 Å². The largest absolute Gasteiger partial charge is 0.365 e. The zero-order valence-corrected chi connectivity index (χ0v) is 9.71. The van der Waals surface area contributed by atoms with Gasteiger partial charge in [-0.1, -0.05) is 13.3 Å². The van der Waals surface area contributed by atoms with Crippen LogP contribution < -0.4 is 10.6 Å². The first-order chi connectivity index (χ1) is 7.69. The number of carbonyl (C=O) groups is 1. The Kier molecular flexibility index (Phi) is 3.24. The number of halogens is 1. The van der Waals surface area contributed by atoms with Gasteiger partial charge in [0.05, 0.1) is 6.20 Å². The van der Waals surface area contributed by atoms with E-state index in [1.54, 1.807) is 0 Å². The summed E-state index contributed by atoms with van der Waals surface area (Å²) in [6, 6.07) is 0.109. The van der Waals surface area contributed by atoms with Crippen molar-refractivity contribution >= 4 is 29.0 Å². The van der Waals surface area contributed by atoms with Crippen LogP contribution in [0.25, 0.3) is 0 Å². The Labute approximate surface area is 98.6 Å². The van der Waals surface area contributed by atoms with Crippen LogP contribution in [0.5, 0.6) is 0 Å². The van der Waals surface area contributed by atoms with Crippen LogP contribution in [0.1, 0.15) is 26.2 Å². The van der Waals surface area contributed by atoms with Crippen molar-refractivity contribution in [2.24, 2.45) is 0 Å². The van der Waals surface area contributed by atoms with E-state index in [0.29, 0.717) is 17.9 Å². The molecule has 0 spiro atoms. The normalized spacial score (nSPS) is 19.4. The minimum absolute atomic E-state index is 0.0179. The molecule has 1 amide bonds. The van der Waals surface area contributed by atoms with Gasteiger partial charge >= 0.3 is 0 Å². The second-order valence-electron chi connectivity index (χ2n) is 3.78. The lowest BCUT2D eigenvalue weighted by Gasteiger charge is -2.14. The second kappa shape index (κ2) is 4.65. The number of anilines is 2. The molecule has 0 radical (unpaired) electrons. The van der Waals surface area contributed by atoms with Crippen LogP contribution in [0.15, 0.2) is 6.20 Å². The first-order valence-corrected chi connectivity index (χ1v) is 5.65. The monoisotopic (exact) mass is 240 g/mol. The SMILES string of the molecule is CCCC1CC(=O)Nc2cnc(Cl)nc2N1. The lowest BCUT2D eigenvalue weighted by atomic mass is 10.1. The van der Waals surface area contributed by atoms with Crippen molar-refractivity contribution in [3.63, 3.8) is 0 Å². The minimum Gasteiger partial charge on any atom is -0.365 e. The van der Waals surface area contributed by atoms with Gasteiger partial charge in [-0.3, -0.25) is 4.79 Å². The number of aromatic nitrogens is 2. The summed E-state index contributed by atoms with van der Waals surface area (Å²) in [4.78, 5) is 19.5. The van der Waals surface area contributed by atoms with E-state index in [1.807, 2.05) is 0 Å². The van der Waals surface area contributed by atoms with E-state index in [9.17, 15) is 4.79 Å². The summed E-state index contributed by atoms with van der Waals surface area (Å²) < 4.78 is 0. The third kappa shape index (κ3) is 2.41. The molecule has 2 N–H and O–H groups in total. The molecule has 0 fully saturated rings. The molecular formula is C10H13ClN4O. The van der Waals surface area contributed by atoms with Crippen molar-refractivity contribution in [1.82, 2.24) is 9.97 Å². The Bertz CT molecular complexity index is 410. The average Bonchev–Trinajstić information content (AvgIpc) is 2.36. The lowest BCUT2D eigenvalue weighted by Crippen LogP contribution is -2.22. The maximum absolute atomic E-state index is 11.6. The predicted molar refractivity (Wildman–Crippen MR) is 62.6 cm³/mol. The van der Waals surface area contributed by atoms with Gasteiger partial charge in [0.1, 0.15) is 5.69 Å². The third-order valence-electron chi connectivity index (χ3n) is 2.44. The molecule has 86 valence electrons. The number of rotatable bonds is 2. The summed E-state index contributed by atoms with van der Waals surface area (Å²) in [5.74, 6) is 0.583. The number of amides is 1. The van der Waals surface area contributed by atoms with E-state index in [4.69, 9.17) is 11.6 Å². The molecule has 0 saturated carbocycles. The van der Waals surface area contributed by atoms with Gasteiger partial charge in [-0.2, -0.15) is 4.98 Å². The maximum atomic E-state index is 11.6. The van der Waals surface area contributed by atoms with Crippen LogP contribution >= 0.6 is 11.6 Å². The Balaban J connectivity index is 2.28. The fourth-order valence-electron chi connectivity index (χ4n) is 1.75. The lowest BCUT2D eigenvalue weighted by molar-refractivity contribution is -0.116. The zero-order chi connectivity index (χ0) is 11.5. The molecule has 2 heterocycles. The van der Waals surface area contributed by atoms with Crippen LogP contribution in [0.4, 0.5) is 11.5 Å². The molecule has 2 rings (SSSR count). The summed E-state index contributed by atoms with van der Waals surface area (Å²) in [6.07, 6.45) is 3.90. The highest BCUT2D eigenvalue weighted by molar-refractivity contribution is 6.28. The Morgan fingerprint density at radius 2 is 2.44 bits per heavy atom. The molecule has 0 aliphatic carbocycles. The van der Waals surface area contributed by atoms with Crippen LogP contribution in [-0.4, -0.2) is 21.9 Å². The van der Waals surface area contributed by atoms with Gasteiger partial charge in [-0.15, -0.1) is 0 Å². The molecule has 5 nitrogen and oxygen atoms in total. The van der Waals surface area contributed by atoms with E-state index in [0.717, 1.165) is 12.8 Å². The van der Waals surface area contributed by atoms with Gasteiger partial charge in [-0.05, 0) is 18.0 Å². The molecule has 0 bridgehead atoms. The average molecular weight is 241 g/mol. The van der Waals surface area contributed by atoms with E-state index < -0.39 is 0 Å². The summed E-state index contributed by atoms with van der Waals surface area (Å²) in [7, 11) is 0. The highest BCUT2D eigenvalue weighted by Crippen LogP contribution is 2.25. The Morgan fingerprint density at radius 3 is 3.19 bits per heavy atom. The van der Waals surface area contributed by atoms with Crippen molar-refractivity contribution in [3.05, 3.63) is 11.5 Å². The zero-order valence-electron chi connectivity index (χ0n) is 8.96. The van der Waals surface area contributed by atoms with E-state index >= 15 is 0 Å². The van der Waals surface area contributed by atoms with Crippen molar-refractivity contribution in [3.8, 4) is 0 Å². The molecule has 16 heavy (non-hydrogen) atoms. The molecule has 1 atom stereocenters. The standard InChI is InChI=1S/C10H13ClN4O/c1-2-3-6-4-8(16)14-7-5-12-10(11)15-9(7)13-6/h5-6H,2-4H2,1H3,(H,14,16)(H,12,13,15). The maximum Gasteiger partial charge on any atom is 0.226 e. The fourth-order valence-corrected chi connectivity index (χ4v) is 1.89. The number of nitrogens with one attached hydrogen (secondary N) is 2. The van der Waals surface area contributed by atoms with Crippen molar-refractivity contribution < 1.29 is 4.79 Å². The first-order valence-electron chi connectivity index (χ1n) is 5.28. The minimum atomic E-state index is -0.0179. The van der Waals surface area contributed by atoms with Crippen molar-refractivity contribution in [2.75, 3.05) is 10.6 Å². The van der Waals surface area contributed by atoms with E-state index in [2.05, 4.69) is 27.5 Å². The van der Waals surface area contributed by atoms with Gasteiger partial charge in [0.25, 0.3) is 0 Å². The predicted octanol–water partition coefficient (Wildman–Crippen LogP) is 2.05. The number of hydrogen-bond donors (Lipinski definition) is 2. The highest BCUT2D eigenvalue weighted by Gasteiger charge is 2.21. The Hall–Kier alpha value is -1.36. The molecule has 0 aromatic carbocycles. The molecule has 1 unspecified atom stereocenters. The van der Waals surface area contributed by atoms with Crippen LogP contribution in [0.2, 0.25) is 5.28 Å². The molecule has 1 aliphatic rings. The molecule has 1 aliphatic heterocycles. The summed E-state index contributed by atoms with van der Waals surface area (Å²) >= 11 is 5.72. The fraction of sp³-hybridized carbons (Fsp3) is 0.500. The molecular weight excluding hydrogens is 228 g/mol. The van der Waals surface area contributed by atoms with Crippen molar-refractivity contribution in [2.45, 2.75) is 32.2 Å². The number of fused-ring (bicyclic) bond motifs is 1. The third-order valence-corrected chi connectivity index (χ3v) is 2.63. The van der Waals surface area contributed by atoms with Gasteiger partial charge in [0.15, 0.2) is 5.82 Å². The van der Waals surface area contributed by atoms with E-state index in [-0.39, 0.29) is 17.2 Å². The smallest absolute Gasteiger partial charge is 0.226 e. The molecule has 1 aromatic heterocycles. The van der Waals surface area contributed by atoms with E-state index in [1.165, 1.54) is 6.20 Å². The highest BCUT2D eigenvalue weighted by atomic mass is 35.5. The first kappa shape index (κ1) is 11.1. The molecule has 1 aromatic rings. The second-order valence-corrected chi connectivity index (χ2v) is 4.12. The van der Waals surface area contributed by atoms with Crippen molar-refractivity contribution in [1.29, 1.82) is 0 Å². The van der Waals surface area contributed by atoms with Crippen LogP contribution in [0.3, 0.4) is 0 Å². The number of hydrogen-bond acceptors (Lipinski definition) is 4. The van der Waals surface area contributed by atoms with Gasteiger partial charge < -0.3 is 10.6 Å². The summed E-state index contributed by atoms with van der Waals surface area (Å²) in [5.41, 5.74) is 0.591. The van der Waals surface area contributed by atoms with Gasteiger partial charge in [0.2, 0.25) is 11.2 Å². The summed E-state index contributed by atoms with van der Waals surface area (Å²) in [5, 5.41) is 6.14. The van der Waals surface area contributed by atoms with Gasteiger partial charge in [0, 0.05) is 12.5 Å². The number of carbonyl (C=O) groups excluding carboxylic acids is 1. The topological polar surface area (TPSA) is 66.9 Å².